The molecule has 2 saturated carbocycles. The van der Waals surface area contributed by atoms with Crippen molar-refractivity contribution in [2.75, 3.05) is 11.9 Å². The minimum absolute atomic E-state index is 0.686. The van der Waals surface area contributed by atoms with Gasteiger partial charge in [-0.1, -0.05) is 19.3 Å². The highest BCUT2D eigenvalue weighted by Gasteiger charge is 2.21. The molecular formula is C17H27N3. The molecule has 1 aromatic rings. The lowest BCUT2D eigenvalue weighted by Gasteiger charge is -2.33. The first kappa shape index (κ1) is 13.9. The summed E-state index contributed by atoms with van der Waals surface area (Å²) < 4.78 is 0. The van der Waals surface area contributed by atoms with E-state index >= 15 is 0 Å². The van der Waals surface area contributed by atoms with Gasteiger partial charge in [-0.2, -0.15) is 0 Å². The van der Waals surface area contributed by atoms with Crippen LogP contribution in [0.2, 0.25) is 0 Å². The summed E-state index contributed by atoms with van der Waals surface area (Å²) in [6.45, 7) is 3.16. The molecule has 3 heteroatoms. The minimum Gasteiger partial charge on any atom is -0.356 e. The van der Waals surface area contributed by atoms with Crippen LogP contribution in [0.1, 0.15) is 56.1 Å². The van der Waals surface area contributed by atoms with E-state index in [4.69, 9.17) is 4.98 Å². The van der Waals surface area contributed by atoms with Gasteiger partial charge in [0, 0.05) is 31.9 Å². The van der Waals surface area contributed by atoms with Gasteiger partial charge in [-0.15, -0.1) is 0 Å². The fourth-order valence-corrected chi connectivity index (χ4v) is 3.28. The van der Waals surface area contributed by atoms with E-state index in [1.807, 2.05) is 0 Å². The van der Waals surface area contributed by atoms with Gasteiger partial charge in [0.05, 0.1) is 0 Å². The number of hydrogen-bond acceptors (Lipinski definition) is 3. The second kappa shape index (κ2) is 6.13. The molecule has 0 atom stereocenters. The van der Waals surface area contributed by atoms with Crippen LogP contribution in [0.25, 0.3) is 0 Å². The monoisotopic (exact) mass is 273 g/mol. The zero-order valence-corrected chi connectivity index (χ0v) is 12.9. The highest BCUT2D eigenvalue weighted by Crippen LogP contribution is 2.27. The van der Waals surface area contributed by atoms with Crippen molar-refractivity contribution in [1.29, 1.82) is 0 Å². The normalized spacial score (nSPS) is 20.1. The van der Waals surface area contributed by atoms with Crippen LogP contribution in [0.4, 0.5) is 5.82 Å². The number of aryl methyl sites for hydroxylation is 1. The van der Waals surface area contributed by atoms with Crippen molar-refractivity contribution in [2.24, 2.45) is 0 Å². The van der Waals surface area contributed by atoms with E-state index in [2.05, 4.69) is 36.5 Å². The molecule has 2 aliphatic carbocycles. The summed E-state index contributed by atoms with van der Waals surface area (Å²) in [6.07, 6.45) is 11.5. The quantitative estimate of drug-likeness (QED) is 0.891. The Morgan fingerprint density at radius 1 is 1.20 bits per heavy atom. The highest BCUT2D eigenvalue weighted by molar-refractivity contribution is 5.47. The average molecular weight is 273 g/mol. The molecule has 1 N–H and O–H groups in total. The molecule has 0 radical (unpaired) electrons. The topological polar surface area (TPSA) is 28.2 Å². The number of nitrogens with zero attached hydrogens (tertiary/aromatic N) is 2. The van der Waals surface area contributed by atoms with Gasteiger partial charge in [0.2, 0.25) is 0 Å². The summed E-state index contributed by atoms with van der Waals surface area (Å²) >= 11 is 0. The number of rotatable bonds is 5. The minimum atomic E-state index is 0.686. The number of anilines is 1. The lowest BCUT2D eigenvalue weighted by molar-refractivity contribution is 0.425. The highest BCUT2D eigenvalue weighted by atomic mass is 15.2. The van der Waals surface area contributed by atoms with Crippen LogP contribution in [0.5, 0.6) is 0 Å². The summed E-state index contributed by atoms with van der Waals surface area (Å²) in [5.41, 5.74) is 2.63. The average Bonchev–Trinajstić information content (AvgIpc) is 3.30. The number of aromatic nitrogens is 1. The number of nitrogens with one attached hydrogen (secondary N) is 1. The van der Waals surface area contributed by atoms with Gasteiger partial charge < -0.3 is 10.2 Å². The Kier molecular flexibility index (Phi) is 4.25. The maximum Gasteiger partial charge on any atom is 0.131 e. The summed E-state index contributed by atoms with van der Waals surface area (Å²) in [6, 6.07) is 3.75. The van der Waals surface area contributed by atoms with Gasteiger partial charge in [-0.25, -0.2) is 4.98 Å². The largest absolute Gasteiger partial charge is 0.356 e. The van der Waals surface area contributed by atoms with Crippen molar-refractivity contribution in [3.05, 3.63) is 23.4 Å². The Hall–Kier alpha value is -1.09. The zero-order valence-electron chi connectivity index (χ0n) is 12.9. The van der Waals surface area contributed by atoms with E-state index in [9.17, 15) is 0 Å². The number of hydrogen-bond donors (Lipinski definition) is 1. The molecule has 1 heterocycles. The molecular weight excluding hydrogens is 246 g/mol. The smallest absolute Gasteiger partial charge is 0.131 e. The lowest BCUT2D eigenvalue weighted by Crippen LogP contribution is -2.34. The molecule has 0 unspecified atom stereocenters. The first-order valence-corrected chi connectivity index (χ1v) is 8.16. The predicted molar refractivity (Wildman–Crippen MR) is 84.1 cm³/mol. The SMILES string of the molecule is Cc1cc(CNC2CC2)cnc1N(C)C1CCCCC1. The molecule has 2 fully saturated rings. The summed E-state index contributed by atoms with van der Waals surface area (Å²) in [4.78, 5) is 7.15. The first-order chi connectivity index (χ1) is 9.74. The second-order valence-corrected chi connectivity index (χ2v) is 6.54. The summed E-state index contributed by atoms with van der Waals surface area (Å²) in [5, 5.41) is 3.56. The Labute approximate surface area is 122 Å². The van der Waals surface area contributed by atoms with Crippen molar-refractivity contribution in [3.8, 4) is 0 Å². The fraction of sp³-hybridized carbons (Fsp3) is 0.706. The van der Waals surface area contributed by atoms with E-state index in [1.54, 1.807) is 0 Å². The van der Waals surface area contributed by atoms with Crippen molar-refractivity contribution >= 4 is 5.82 Å². The lowest BCUT2D eigenvalue weighted by atomic mass is 9.94. The van der Waals surface area contributed by atoms with Gasteiger partial charge >= 0.3 is 0 Å². The van der Waals surface area contributed by atoms with Gasteiger partial charge in [-0.05, 0) is 49.8 Å². The third-order valence-corrected chi connectivity index (χ3v) is 4.74. The molecule has 0 spiro atoms. The Morgan fingerprint density at radius 3 is 2.60 bits per heavy atom. The molecule has 3 nitrogen and oxygen atoms in total. The fourth-order valence-electron chi connectivity index (χ4n) is 3.28. The van der Waals surface area contributed by atoms with Crippen molar-refractivity contribution in [2.45, 2.75) is 70.5 Å². The molecule has 0 bridgehead atoms. The van der Waals surface area contributed by atoms with E-state index < -0.39 is 0 Å². The van der Waals surface area contributed by atoms with E-state index in [1.165, 1.54) is 61.9 Å². The van der Waals surface area contributed by atoms with Gasteiger partial charge in [0.15, 0.2) is 0 Å². The maximum atomic E-state index is 4.74. The van der Waals surface area contributed by atoms with Crippen molar-refractivity contribution in [1.82, 2.24) is 10.3 Å². The van der Waals surface area contributed by atoms with Crippen LogP contribution < -0.4 is 10.2 Å². The van der Waals surface area contributed by atoms with Crippen LogP contribution in [-0.2, 0) is 6.54 Å². The van der Waals surface area contributed by atoms with E-state index in [0.717, 1.165) is 12.6 Å². The predicted octanol–water partition coefficient (Wildman–Crippen LogP) is 3.41. The van der Waals surface area contributed by atoms with Crippen LogP contribution in [0.15, 0.2) is 12.3 Å². The van der Waals surface area contributed by atoms with Crippen LogP contribution in [-0.4, -0.2) is 24.1 Å². The Bertz CT molecular complexity index is 448. The Balaban J connectivity index is 1.65. The third kappa shape index (κ3) is 3.32. The van der Waals surface area contributed by atoms with Gasteiger partial charge in [0.1, 0.15) is 5.82 Å². The molecule has 0 aromatic carbocycles. The third-order valence-electron chi connectivity index (χ3n) is 4.74. The van der Waals surface area contributed by atoms with Crippen molar-refractivity contribution in [3.63, 3.8) is 0 Å². The zero-order chi connectivity index (χ0) is 13.9. The molecule has 2 aliphatic rings. The molecule has 1 aromatic heterocycles. The molecule has 0 amide bonds. The van der Waals surface area contributed by atoms with Crippen LogP contribution >= 0.6 is 0 Å². The van der Waals surface area contributed by atoms with Gasteiger partial charge in [0.25, 0.3) is 0 Å². The van der Waals surface area contributed by atoms with Crippen LogP contribution in [0.3, 0.4) is 0 Å². The maximum absolute atomic E-state index is 4.74. The van der Waals surface area contributed by atoms with E-state index in [0.29, 0.717) is 6.04 Å². The summed E-state index contributed by atoms with van der Waals surface area (Å²) in [7, 11) is 2.22. The summed E-state index contributed by atoms with van der Waals surface area (Å²) in [5.74, 6) is 1.17. The Morgan fingerprint density at radius 2 is 1.95 bits per heavy atom. The first-order valence-electron chi connectivity index (χ1n) is 8.16. The van der Waals surface area contributed by atoms with Gasteiger partial charge in [-0.3, -0.25) is 0 Å². The molecule has 0 saturated heterocycles. The standard InChI is InChI=1S/C17H27N3/c1-13-10-14(11-18-15-8-9-15)12-19-17(13)20(2)16-6-4-3-5-7-16/h10,12,15-16,18H,3-9,11H2,1-2H3. The van der Waals surface area contributed by atoms with Crippen LogP contribution in [0, 0.1) is 6.92 Å². The molecule has 110 valence electrons. The van der Waals surface area contributed by atoms with Crippen molar-refractivity contribution < 1.29 is 0 Å². The van der Waals surface area contributed by atoms with E-state index in [-0.39, 0.29) is 0 Å². The number of pyridine rings is 1. The molecule has 20 heavy (non-hydrogen) atoms. The molecule has 3 rings (SSSR count). The second-order valence-electron chi connectivity index (χ2n) is 6.54. The molecule has 0 aliphatic heterocycles.